The van der Waals surface area contributed by atoms with Gasteiger partial charge in [0.15, 0.2) is 0 Å². The van der Waals surface area contributed by atoms with Gasteiger partial charge in [0.05, 0.1) is 0 Å². The molecular formula is C13H12O4-2. The number of hydrogen-bond donors (Lipinski definition) is 0. The molecule has 1 aromatic carbocycles. The van der Waals surface area contributed by atoms with E-state index in [-0.39, 0.29) is 6.42 Å². The highest BCUT2D eigenvalue weighted by Crippen LogP contribution is 2.13. The highest BCUT2D eigenvalue weighted by molar-refractivity contribution is 5.75. The zero-order chi connectivity index (χ0) is 12.8. The molecule has 0 spiro atoms. The minimum atomic E-state index is -1.39. The highest BCUT2D eigenvalue weighted by Gasteiger charge is 2.11. The van der Waals surface area contributed by atoms with Gasteiger partial charge in [0.2, 0.25) is 0 Å². The lowest BCUT2D eigenvalue weighted by atomic mass is 9.96. The number of rotatable bonds is 6. The van der Waals surface area contributed by atoms with Gasteiger partial charge in [-0.25, -0.2) is 0 Å². The summed E-state index contributed by atoms with van der Waals surface area (Å²) in [5, 5.41) is 21.1. The average Bonchev–Trinajstić information content (AvgIpc) is 2.28. The van der Waals surface area contributed by atoms with E-state index >= 15 is 0 Å². The van der Waals surface area contributed by atoms with Gasteiger partial charge in [-0.3, -0.25) is 0 Å². The van der Waals surface area contributed by atoms with Crippen LogP contribution in [0.15, 0.2) is 30.8 Å². The summed E-state index contributed by atoms with van der Waals surface area (Å²) in [6, 6.07) is 7.05. The van der Waals surface area contributed by atoms with Crippen molar-refractivity contribution in [3.8, 4) is 0 Å². The second kappa shape index (κ2) is 5.84. The van der Waals surface area contributed by atoms with Gasteiger partial charge in [-0.2, -0.15) is 0 Å². The Morgan fingerprint density at radius 3 is 2.24 bits per heavy atom. The van der Waals surface area contributed by atoms with Gasteiger partial charge in [-0.05, 0) is 24.0 Å². The maximum absolute atomic E-state index is 10.7. The summed E-state index contributed by atoms with van der Waals surface area (Å²) < 4.78 is 0. The van der Waals surface area contributed by atoms with Gasteiger partial charge in [0.25, 0.3) is 0 Å². The fraction of sp³-hybridized carbons (Fsp3) is 0.231. The van der Waals surface area contributed by atoms with Crippen LogP contribution in [-0.4, -0.2) is 11.9 Å². The number of carbonyl (C=O) groups excluding carboxylic acids is 2. The number of carboxylic acid groups (broad SMARTS) is 2. The summed E-state index contributed by atoms with van der Waals surface area (Å²) in [5.41, 5.74) is 1.66. The number of benzene rings is 1. The van der Waals surface area contributed by atoms with Crippen LogP contribution in [0, 0.1) is 5.92 Å². The monoisotopic (exact) mass is 232 g/mol. The third kappa shape index (κ3) is 4.10. The van der Waals surface area contributed by atoms with Crippen molar-refractivity contribution in [3.63, 3.8) is 0 Å². The van der Waals surface area contributed by atoms with Crippen LogP contribution in [-0.2, 0) is 16.0 Å². The fourth-order valence-corrected chi connectivity index (χ4v) is 1.51. The molecule has 0 fully saturated rings. The maximum atomic E-state index is 10.7. The van der Waals surface area contributed by atoms with Crippen molar-refractivity contribution >= 4 is 18.0 Å². The zero-order valence-electron chi connectivity index (χ0n) is 9.22. The van der Waals surface area contributed by atoms with Crippen molar-refractivity contribution in [1.29, 1.82) is 0 Å². The summed E-state index contributed by atoms with van der Waals surface area (Å²) in [6.07, 6.45) is 1.25. The molecule has 0 saturated heterocycles. The Bertz CT molecular complexity index is 420. The van der Waals surface area contributed by atoms with Crippen molar-refractivity contribution < 1.29 is 19.8 Å². The molecule has 1 aromatic rings. The van der Waals surface area contributed by atoms with E-state index in [0.717, 1.165) is 11.1 Å². The molecule has 0 aliphatic rings. The van der Waals surface area contributed by atoms with E-state index in [9.17, 15) is 19.8 Å². The molecule has 0 N–H and O–H groups in total. The summed E-state index contributed by atoms with van der Waals surface area (Å²) in [6.45, 7) is 3.60. The van der Waals surface area contributed by atoms with E-state index < -0.39 is 24.3 Å². The molecule has 17 heavy (non-hydrogen) atoms. The Kier molecular flexibility index (Phi) is 4.46. The smallest absolute Gasteiger partial charge is 0.0452 e. The number of carboxylic acids is 2. The molecule has 1 rings (SSSR count). The quantitative estimate of drug-likeness (QED) is 0.654. The lowest BCUT2D eigenvalue weighted by molar-refractivity contribution is -0.320. The molecule has 90 valence electrons. The van der Waals surface area contributed by atoms with Crippen LogP contribution in [0.25, 0.3) is 6.08 Å². The topological polar surface area (TPSA) is 80.3 Å². The minimum absolute atomic E-state index is 0.119. The lowest BCUT2D eigenvalue weighted by Crippen LogP contribution is -2.37. The zero-order valence-corrected chi connectivity index (χ0v) is 9.22. The van der Waals surface area contributed by atoms with Gasteiger partial charge < -0.3 is 19.8 Å². The first-order valence-corrected chi connectivity index (χ1v) is 5.15. The minimum Gasteiger partial charge on any atom is -0.550 e. The lowest BCUT2D eigenvalue weighted by Gasteiger charge is -2.18. The first-order chi connectivity index (χ1) is 8.02. The van der Waals surface area contributed by atoms with E-state index in [4.69, 9.17) is 0 Å². The number of carbonyl (C=O) groups is 2. The van der Waals surface area contributed by atoms with E-state index in [1.807, 2.05) is 0 Å². The molecule has 1 unspecified atom stereocenters. The van der Waals surface area contributed by atoms with Gasteiger partial charge >= 0.3 is 0 Å². The SMILES string of the molecule is C=Cc1ccc(CC(CC(=O)[O-])C(=O)[O-])cc1. The van der Waals surface area contributed by atoms with Crippen molar-refractivity contribution in [2.45, 2.75) is 12.8 Å². The third-order valence-electron chi connectivity index (χ3n) is 2.44. The first kappa shape index (κ1) is 13.0. The predicted molar refractivity (Wildman–Crippen MR) is 58.4 cm³/mol. The van der Waals surface area contributed by atoms with Crippen molar-refractivity contribution in [1.82, 2.24) is 0 Å². The molecule has 0 amide bonds. The van der Waals surface area contributed by atoms with Gasteiger partial charge in [0, 0.05) is 17.9 Å². The molecule has 1 atom stereocenters. The van der Waals surface area contributed by atoms with Gasteiger partial charge in [-0.1, -0.05) is 36.9 Å². The highest BCUT2D eigenvalue weighted by atomic mass is 16.4. The first-order valence-electron chi connectivity index (χ1n) is 5.15. The van der Waals surface area contributed by atoms with Crippen molar-refractivity contribution in [2.75, 3.05) is 0 Å². The Morgan fingerprint density at radius 2 is 1.82 bits per heavy atom. The Morgan fingerprint density at radius 1 is 1.24 bits per heavy atom. The van der Waals surface area contributed by atoms with Crippen molar-refractivity contribution in [2.24, 2.45) is 5.92 Å². The van der Waals surface area contributed by atoms with Crippen LogP contribution < -0.4 is 10.2 Å². The van der Waals surface area contributed by atoms with E-state index in [2.05, 4.69) is 6.58 Å². The summed E-state index contributed by atoms with van der Waals surface area (Å²) in [4.78, 5) is 21.1. The maximum Gasteiger partial charge on any atom is 0.0452 e. The fourth-order valence-electron chi connectivity index (χ4n) is 1.51. The Hall–Kier alpha value is -2.10. The standard InChI is InChI=1S/C13H14O4/c1-2-9-3-5-10(6-4-9)7-11(13(16)17)8-12(14)15/h2-6,11H,1,7-8H2,(H,14,15)(H,16,17)/p-2. The van der Waals surface area contributed by atoms with Gasteiger partial charge in [-0.15, -0.1) is 0 Å². The molecular weight excluding hydrogens is 220 g/mol. The van der Waals surface area contributed by atoms with Crippen LogP contribution in [0.1, 0.15) is 17.5 Å². The molecule has 0 radical (unpaired) electrons. The van der Waals surface area contributed by atoms with E-state index in [1.165, 1.54) is 0 Å². The van der Waals surface area contributed by atoms with Crippen LogP contribution >= 0.6 is 0 Å². The summed E-state index contributed by atoms with van der Waals surface area (Å²) in [7, 11) is 0. The molecule has 0 aliphatic carbocycles. The summed E-state index contributed by atoms with van der Waals surface area (Å²) >= 11 is 0. The number of aliphatic carboxylic acids is 2. The predicted octanol–water partition coefficient (Wildman–Crippen LogP) is -0.622. The largest absolute Gasteiger partial charge is 0.550 e. The average molecular weight is 232 g/mol. The normalized spacial score (nSPS) is 11.8. The third-order valence-corrected chi connectivity index (χ3v) is 2.44. The van der Waals surface area contributed by atoms with Crippen LogP contribution in [0.5, 0.6) is 0 Å². The van der Waals surface area contributed by atoms with Crippen LogP contribution in [0.4, 0.5) is 0 Å². The second-order valence-electron chi connectivity index (χ2n) is 3.74. The van der Waals surface area contributed by atoms with Crippen LogP contribution in [0.2, 0.25) is 0 Å². The van der Waals surface area contributed by atoms with Crippen LogP contribution in [0.3, 0.4) is 0 Å². The molecule has 0 saturated carbocycles. The summed E-state index contributed by atoms with van der Waals surface area (Å²) in [5.74, 6) is -3.82. The number of hydrogen-bond acceptors (Lipinski definition) is 4. The van der Waals surface area contributed by atoms with E-state index in [1.54, 1.807) is 30.3 Å². The molecule has 4 nitrogen and oxygen atoms in total. The Labute approximate surface area is 99.2 Å². The molecule has 0 heterocycles. The Balaban J connectivity index is 2.74. The van der Waals surface area contributed by atoms with E-state index in [0.29, 0.717) is 0 Å². The molecule has 0 aromatic heterocycles. The van der Waals surface area contributed by atoms with Crippen molar-refractivity contribution in [3.05, 3.63) is 42.0 Å². The molecule has 0 bridgehead atoms. The second-order valence-corrected chi connectivity index (χ2v) is 3.74. The molecule has 4 heteroatoms. The van der Waals surface area contributed by atoms with Gasteiger partial charge in [0.1, 0.15) is 0 Å². The molecule has 0 aliphatic heterocycles.